The molecular weight excluding hydrogens is 352 g/mol. The zero-order chi connectivity index (χ0) is 13.1. The Bertz CT molecular complexity index is 585. The highest BCUT2D eigenvalue weighted by atomic mass is 127. The van der Waals surface area contributed by atoms with Crippen LogP contribution in [0.25, 0.3) is 0 Å². The van der Waals surface area contributed by atoms with E-state index >= 15 is 0 Å². The van der Waals surface area contributed by atoms with E-state index < -0.39 is 5.82 Å². The minimum atomic E-state index is -0.466. The second kappa shape index (κ2) is 5.38. The summed E-state index contributed by atoms with van der Waals surface area (Å²) in [6.45, 7) is 0. The zero-order valence-corrected chi connectivity index (χ0v) is 11.5. The lowest BCUT2D eigenvalue weighted by Gasteiger charge is -2.05. The Morgan fingerprint density at radius 3 is 2.94 bits per heavy atom. The zero-order valence-electron chi connectivity index (χ0n) is 9.39. The topological polar surface area (TPSA) is 72.7 Å². The van der Waals surface area contributed by atoms with Crippen LogP contribution in [0, 0.1) is 9.39 Å². The molecule has 0 atom stereocenters. The maximum absolute atomic E-state index is 13.5. The van der Waals surface area contributed by atoms with E-state index in [0.717, 1.165) is 3.57 Å². The van der Waals surface area contributed by atoms with Crippen LogP contribution in [0.2, 0.25) is 0 Å². The van der Waals surface area contributed by atoms with Crippen LogP contribution in [0.5, 0.6) is 0 Å². The lowest BCUT2D eigenvalue weighted by Crippen LogP contribution is -2.17. The Balaban J connectivity index is 2.05. The maximum atomic E-state index is 13.5. The molecule has 6 nitrogen and oxygen atoms in total. The lowest BCUT2D eigenvalue weighted by molar-refractivity contribution is -0.115. The Morgan fingerprint density at radius 1 is 1.56 bits per heavy atom. The summed E-state index contributed by atoms with van der Waals surface area (Å²) < 4.78 is 15.7. The fourth-order valence-corrected chi connectivity index (χ4v) is 1.78. The van der Waals surface area contributed by atoms with E-state index in [4.69, 9.17) is 0 Å². The van der Waals surface area contributed by atoms with Crippen molar-refractivity contribution < 1.29 is 9.18 Å². The van der Waals surface area contributed by atoms with Gasteiger partial charge in [0, 0.05) is 10.6 Å². The van der Waals surface area contributed by atoms with Gasteiger partial charge in [-0.15, -0.1) is 5.10 Å². The first kappa shape index (κ1) is 12.9. The van der Waals surface area contributed by atoms with Crippen LogP contribution in [0.4, 0.5) is 10.1 Å². The molecule has 0 aliphatic rings. The number of nitrogens with zero attached hydrogens (tertiary/aromatic N) is 4. The highest BCUT2D eigenvalue weighted by Crippen LogP contribution is 2.17. The van der Waals surface area contributed by atoms with Crippen LogP contribution in [0.1, 0.15) is 5.82 Å². The minimum absolute atomic E-state index is 0.00503. The van der Waals surface area contributed by atoms with E-state index in [2.05, 4.69) is 20.8 Å². The van der Waals surface area contributed by atoms with Crippen molar-refractivity contribution in [2.75, 3.05) is 5.32 Å². The summed E-state index contributed by atoms with van der Waals surface area (Å²) >= 11 is 2.00. The normalized spacial score (nSPS) is 10.4. The van der Waals surface area contributed by atoms with Gasteiger partial charge >= 0.3 is 0 Å². The van der Waals surface area contributed by atoms with E-state index in [9.17, 15) is 9.18 Å². The van der Waals surface area contributed by atoms with Crippen LogP contribution >= 0.6 is 22.6 Å². The van der Waals surface area contributed by atoms with Crippen molar-refractivity contribution in [2.45, 2.75) is 6.42 Å². The largest absolute Gasteiger partial charge is 0.323 e. The molecule has 1 aromatic carbocycles. The van der Waals surface area contributed by atoms with Crippen LogP contribution in [0.3, 0.4) is 0 Å². The number of tetrazole rings is 1. The second-order valence-electron chi connectivity index (χ2n) is 3.57. The summed E-state index contributed by atoms with van der Waals surface area (Å²) in [5, 5.41) is 13.2. The predicted octanol–water partition coefficient (Wildman–Crippen LogP) is 1.13. The van der Waals surface area contributed by atoms with Gasteiger partial charge in [0.2, 0.25) is 5.91 Å². The molecule has 0 unspecified atom stereocenters. The van der Waals surface area contributed by atoms with Gasteiger partial charge in [0.05, 0.1) is 12.1 Å². The maximum Gasteiger partial charge on any atom is 0.232 e. The van der Waals surface area contributed by atoms with Gasteiger partial charge < -0.3 is 5.32 Å². The fourth-order valence-electron chi connectivity index (χ4n) is 1.33. The third-order valence-corrected chi connectivity index (χ3v) is 2.90. The molecule has 0 aliphatic carbocycles. The molecule has 0 spiro atoms. The molecule has 1 N–H and O–H groups in total. The first-order valence-electron chi connectivity index (χ1n) is 5.02. The second-order valence-corrected chi connectivity index (χ2v) is 4.81. The molecule has 1 heterocycles. The van der Waals surface area contributed by atoms with E-state index in [1.54, 1.807) is 13.1 Å². The molecule has 8 heteroatoms. The third-order valence-electron chi connectivity index (χ3n) is 2.23. The van der Waals surface area contributed by atoms with Crippen LogP contribution < -0.4 is 5.32 Å². The smallest absolute Gasteiger partial charge is 0.232 e. The Hall–Kier alpha value is -1.58. The number of anilines is 1. The van der Waals surface area contributed by atoms with Gasteiger partial charge in [-0.3, -0.25) is 4.79 Å². The summed E-state index contributed by atoms with van der Waals surface area (Å²) in [6, 6.07) is 4.58. The van der Waals surface area contributed by atoms with Gasteiger partial charge in [-0.1, -0.05) is 0 Å². The SMILES string of the molecule is Cn1nnnc1CC(=O)Nc1ccc(I)cc1F. The molecule has 0 bridgehead atoms. The van der Waals surface area contributed by atoms with E-state index in [1.807, 2.05) is 22.6 Å². The molecular formula is C10H9FIN5O. The number of hydrogen-bond donors (Lipinski definition) is 1. The summed E-state index contributed by atoms with van der Waals surface area (Å²) in [4.78, 5) is 11.7. The van der Waals surface area contributed by atoms with Crippen LogP contribution in [-0.4, -0.2) is 26.1 Å². The fraction of sp³-hybridized carbons (Fsp3) is 0.200. The average Bonchev–Trinajstić information content (AvgIpc) is 2.69. The number of rotatable bonds is 3. The first-order chi connectivity index (χ1) is 8.56. The molecule has 2 aromatic rings. The van der Waals surface area contributed by atoms with Crippen molar-refractivity contribution >= 4 is 34.2 Å². The number of carbonyl (C=O) groups excluding carboxylic acids is 1. The number of aryl methyl sites for hydroxylation is 1. The van der Waals surface area contributed by atoms with Gasteiger partial charge in [0.25, 0.3) is 0 Å². The van der Waals surface area contributed by atoms with Crippen molar-refractivity contribution in [3.05, 3.63) is 33.4 Å². The van der Waals surface area contributed by atoms with E-state index in [0.29, 0.717) is 5.82 Å². The van der Waals surface area contributed by atoms with Crippen LogP contribution in [0.15, 0.2) is 18.2 Å². The van der Waals surface area contributed by atoms with E-state index in [1.165, 1.54) is 16.8 Å². The lowest BCUT2D eigenvalue weighted by atomic mass is 10.3. The monoisotopic (exact) mass is 361 g/mol. The first-order valence-corrected chi connectivity index (χ1v) is 6.10. The van der Waals surface area contributed by atoms with Crippen molar-refractivity contribution in [1.29, 1.82) is 0 Å². The Labute approximate surface area is 116 Å². The molecule has 0 aliphatic heterocycles. The van der Waals surface area contributed by atoms with Crippen molar-refractivity contribution in [3.63, 3.8) is 0 Å². The molecule has 18 heavy (non-hydrogen) atoms. The molecule has 2 rings (SSSR count). The Morgan fingerprint density at radius 2 is 2.33 bits per heavy atom. The van der Waals surface area contributed by atoms with Crippen molar-refractivity contribution in [3.8, 4) is 0 Å². The number of benzene rings is 1. The van der Waals surface area contributed by atoms with Gasteiger partial charge in [-0.2, -0.15) is 0 Å². The summed E-state index contributed by atoms with van der Waals surface area (Å²) in [5.74, 6) is -0.419. The molecule has 94 valence electrons. The molecule has 0 fully saturated rings. The van der Waals surface area contributed by atoms with Crippen molar-refractivity contribution in [2.24, 2.45) is 7.05 Å². The summed E-state index contributed by atoms with van der Waals surface area (Å²) in [7, 11) is 1.63. The number of carbonyl (C=O) groups is 1. The van der Waals surface area contributed by atoms with Crippen LogP contribution in [-0.2, 0) is 18.3 Å². The minimum Gasteiger partial charge on any atom is -0.323 e. The number of amides is 1. The van der Waals surface area contributed by atoms with Crippen molar-refractivity contribution in [1.82, 2.24) is 20.2 Å². The average molecular weight is 361 g/mol. The number of nitrogens with one attached hydrogen (secondary N) is 1. The molecule has 0 saturated heterocycles. The highest BCUT2D eigenvalue weighted by molar-refractivity contribution is 14.1. The third kappa shape index (κ3) is 3.00. The molecule has 1 amide bonds. The van der Waals surface area contributed by atoms with E-state index in [-0.39, 0.29) is 18.0 Å². The molecule has 1 aromatic heterocycles. The summed E-state index contributed by atoms with van der Waals surface area (Å²) in [5.41, 5.74) is 0.149. The van der Waals surface area contributed by atoms with Gasteiger partial charge in [-0.05, 0) is 51.2 Å². The standard InChI is InChI=1S/C10H9FIN5O/c1-17-9(14-15-16-17)5-10(18)13-8-3-2-6(12)4-7(8)11/h2-4H,5H2,1H3,(H,13,18). The predicted molar refractivity (Wildman–Crippen MR) is 70.2 cm³/mol. The molecule has 0 saturated carbocycles. The number of aromatic nitrogens is 4. The Kier molecular flexibility index (Phi) is 3.84. The number of hydrogen-bond acceptors (Lipinski definition) is 4. The summed E-state index contributed by atoms with van der Waals surface area (Å²) in [6.07, 6.45) is -0.00503. The molecule has 0 radical (unpaired) electrons. The van der Waals surface area contributed by atoms with Gasteiger partial charge in [0.15, 0.2) is 5.82 Å². The highest BCUT2D eigenvalue weighted by Gasteiger charge is 2.11. The quantitative estimate of drug-likeness (QED) is 0.833. The van der Waals surface area contributed by atoms with Gasteiger partial charge in [-0.25, -0.2) is 9.07 Å². The van der Waals surface area contributed by atoms with Gasteiger partial charge in [0.1, 0.15) is 5.82 Å². The number of halogens is 2.